The number of nitrogen functional groups attached to an aromatic ring is 2. The van der Waals surface area contributed by atoms with E-state index < -0.39 is 40.2 Å². The molecule has 0 aliphatic heterocycles. The summed E-state index contributed by atoms with van der Waals surface area (Å²) in [5, 5.41) is 0. The second kappa shape index (κ2) is 7.77. The van der Waals surface area contributed by atoms with Crippen molar-refractivity contribution in [3.05, 3.63) is 46.3 Å². The smallest absolute Gasteiger partial charge is 0.384 e. The second-order valence-electron chi connectivity index (χ2n) is 10.4. The summed E-state index contributed by atoms with van der Waals surface area (Å²) in [6.07, 6.45) is -8.65. The molecule has 2 atom stereocenters. The molecule has 1 aliphatic carbocycles. The van der Waals surface area contributed by atoms with E-state index in [9.17, 15) is 26.3 Å². The maximum Gasteiger partial charge on any atom is 0.418 e. The molecule has 0 radical (unpaired) electrons. The van der Waals surface area contributed by atoms with Crippen molar-refractivity contribution in [1.29, 1.82) is 0 Å². The van der Waals surface area contributed by atoms with Gasteiger partial charge in [-0.3, -0.25) is 0 Å². The van der Waals surface area contributed by atoms with E-state index in [4.69, 9.17) is 11.5 Å². The molecule has 1 saturated carbocycles. The fourth-order valence-corrected chi connectivity index (χ4v) is 4.54. The molecule has 2 aromatic rings. The van der Waals surface area contributed by atoms with Crippen molar-refractivity contribution < 1.29 is 26.3 Å². The predicted octanol–water partition coefficient (Wildman–Crippen LogP) is 6.45. The van der Waals surface area contributed by atoms with Gasteiger partial charge in [0.2, 0.25) is 0 Å². The van der Waals surface area contributed by atoms with E-state index in [1.807, 2.05) is 0 Å². The predicted molar refractivity (Wildman–Crippen MR) is 114 cm³/mol. The van der Waals surface area contributed by atoms with Crippen molar-refractivity contribution in [2.45, 2.75) is 76.6 Å². The van der Waals surface area contributed by atoms with Gasteiger partial charge in [-0.05, 0) is 48.4 Å². The summed E-state index contributed by atoms with van der Waals surface area (Å²) in [7, 11) is 0. The Morgan fingerprint density at radius 3 is 1.94 bits per heavy atom. The number of pyridine rings is 2. The van der Waals surface area contributed by atoms with E-state index in [0.29, 0.717) is 6.42 Å². The van der Waals surface area contributed by atoms with Crippen molar-refractivity contribution >= 4 is 11.6 Å². The van der Waals surface area contributed by atoms with Crippen LogP contribution in [0.15, 0.2) is 18.2 Å². The zero-order valence-corrected chi connectivity index (χ0v) is 19.1. The molecular formula is C23H28F6N4. The van der Waals surface area contributed by atoms with Crippen LogP contribution < -0.4 is 11.5 Å². The first kappa shape index (κ1) is 25.1. The van der Waals surface area contributed by atoms with E-state index in [1.165, 1.54) is 6.07 Å². The van der Waals surface area contributed by atoms with Crippen molar-refractivity contribution in [3.63, 3.8) is 0 Å². The van der Waals surface area contributed by atoms with Gasteiger partial charge in [-0.1, -0.05) is 34.6 Å². The molecule has 182 valence electrons. The molecule has 2 aromatic heterocycles. The van der Waals surface area contributed by atoms with Crippen LogP contribution in [-0.4, -0.2) is 9.97 Å². The third kappa shape index (κ3) is 5.19. The van der Waals surface area contributed by atoms with Crippen LogP contribution in [0.4, 0.5) is 38.0 Å². The summed E-state index contributed by atoms with van der Waals surface area (Å²) in [5.74, 6) is -0.804. The zero-order chi connectivity index (χ0) is 25.1. The summed E-state index contributed by atoms with van der Waals surface area (Å²) in [6, 6.07) is 3.23. The minimum Gasteiger partial charge on any atom is -0.384 e. The van der Waals surface area contributed by atoms with Crippen molar-refractivity contribution in [1.82, 2.24) is 9.97 Å². The molecule has 1 fully saturated rings. The number of aromatic nitrogens is 2. The number of hydrogen-bond acceptors (Lipinski definition) is 4. The lowest BCUT2D eigenvalue weighted by Gasteiger charge is -2.28. The highest BCUT2D eigenvalue weighted by molar-refractivity contribution is 5.49. The van der Waals surface area contributed by atoms with E-state index in [1.54, 1.807) is 34.6 Å². The summed E-state index contributed by atoms with van der Waals surface area (Å²) < 4.78 is 83.0. The highest BCUT2D eigenvalue weighted by Gasteiger charge is 2.50. The van der Waals surface area contributed by atoms with E-state index in [-0.39, 0.29) is 40.9 Å². The lowest BCUT2D eigenvalue weighted by Crippen LogP contribution is -2.26. The number of rotatable bonds is 4. The lowest BCUT2D eigenvalue weighted by molar-refractivity contribution is -0.140. The molecule has 0 spiro atoms. The van der Waals surface area contributed by atoms with Gasteiger partial charge in [0.25, 0.3) is 0 Å². The van der Waals surface area contributed by atoms with Crippen LogP contribution in [0.3, 0.4) is 0 Å². The van der Waals surface area contributed by atoms with Crippen LogP contribution in [0.25, 0.3) is 0 Å². The SMILES string of the molecule is CC(C)(C)c1nc(N)cc(C2CC2CC(C)(C)c2nc(N)ccc2C(F)(F)F)c1C(F)(F)F. The van der Waals surface area contributed by atoms with Gasteiger partial charge in [0, 0.05) is 10.8 Å². The van der Waals surface area contributed by atoms with Crippen molar-refractivity contribution in [2.24, 2.45) is 5.92 Å². The summed E-state index contributed by atoms with van der Waals surface area (Å²) in [5.41, 5.74) is 7.57. The Balaban J connectivity index is 1.99. The molecule has 0 amide bonds. The Morgan fingerprint density at radius 2 is 1.42 bits per heavy atom. The van der Waals surface area contributed by atoms with E-state index in [0.717, 1.165) is 12.1 Å². The van der Waals surface area contributed by atoms with Gasteiger partial charge in [-0.15, -0.1) is 0 Å². The summed E-state index contributed by atoms with van der Waals surface area (Å²) >= 11 is 0. The molecular weight excluding hydrogens is 446 g/mol. The third-order valence-corrected chi connectivity index (χ3v) is 6.02. The molecule has 4 N–H and O–H groups in total. The molecule has 1 aliphatic rings. The van der Waals surface area contributed by atoms with Gasteiger partial charge in [0.05, 0.1) is 22.5 Å². The number of hydrogen-bond donors (Lipinski definition) is 2. The summed E-state index contributed by atoms with van der Waals surface area (Å²) in [4.78, 5) is 7.94. The van der Waals surface area contributed by atoms with Crippen LogP contribution in [0.5, 0.6) is 0 Å². The van der Waals surface area contributed by atoms with Gasteiger partial charge in [0.15, 0.2) is 0 Å². The van der Waals surface area contributed by atoms with Gasteiger partial charge in [-0.2, -0.15) is 26.3 Å². The standard InChI is InChI=1S/C23H28F6N4/c1-20(2,3)19-17(23(27,28)29)13(9-16(31)33-19)12-8-11(12)10-21(4,5)18-14(22(24,25)26)6-7-15(30)32-18/h6-7,9,11-12H,8,10H2,1-5H3,(H2,30,32)(H2,31,33). The average Bonchev–Trinajstić information content (AvgIpc) is 3.36. The Bertz CT molecular complexity index is 1050. The highest BCUT2D eigenvalue weighted by Crippen LogP contribution is 2.57. The number of nitrogens with zero attached hydrogens (tertiary/aromatic N) is 2. The number of halogens is 6. The molecule has 0 aromatic carbocycles. The number of anilines is 2. The maximum absolute atomic E-state index is 14.1. The first-order chi connectivity index (χ1) is 14.8. The van der Waals surface area contributed by atoms with Crippen molar-refractivity contribution in [3.8, 4) is 0 Å². The summed E-state index contributed by atoms with van der Waals surface area (Å²) in [6.45, 7) is 8.10. The van der Waals surface area contributed by atoms with Gasteiger partial charge in [-0.25, -0.2) is 9.97 Å². The van der Waals surface area contributed by atoms with Crippen LogP contribution in [0.2, 0.25) is 0 Å². The van der Waals surface area contributed by atoms with E-state index in [2.05, 4.69) is 9.97 Å². The zero-order valence-electron chi connectivity index (χ0n) is 19.1. The van der Waals surface area contributed by atoms with E-state index >= 15 is 0 Å². The molecule has 10 heteroatoms. The topological polar surface area (TPSA) is 77.8 Å². The van der Waals surface area contributed by atoms with Crippen LogP contribution >= 0.6 is 0 Å². The van der Waals surface area contributed by atoms with Gasteiger partial charge < -0.3 is 11.5 Å². The van der Waals surface area contributed by atoms with Crippen LogP contribution in [0, 0.1) is 5.92 Å². The molecule has 2 unspecified atom stereocenters. The Labute approximate surface area is 188 Å². The Hall–Kier alpha value is -2.52. The monoisotopic (exact) mass is 474 g/mol. The Morgan fingerprint density at radius 1 is 0.848 bits per heavy atom. The van der Waals surface area contributed by atoms with Gasteiger partial charge >= 0.3 is 12.4 Å². The quantitative estimate of drug-likeness (QED) is 0.500. The Kier molecular flexibility index (Phi) is 5.91. The lowest BCUT2D eigenvalue weighted by atomic mass is 9.79. The maximum atomic E-state index is 14.1. The van der Waals surface area contributed by atoms with Crippen LogP contribution in [0.1, 0.15) is 81.5 Å². The fourth-order valence-electron chi connectivity index (χ4n) is 4.54. The molecule has 33 heavy (non-hydrogen) atoms. The number of nitrogens with two attached hydrogens (primary N) is 2. The van der Waals surface area contributed by atoms with Crippen molar-refractivity contribution in [2.75, 3.05) is 11.5 Å². The average molecular weight is 474 g/mol. The largest absolute Gasteiger partial charge is 0.418 e. The van der Waals surface area contributed by atoms with Crippen LogP contribution in [-0.2, 0) is 23.2 Å². The first-order valence-electron chi connectivity index (χ1n) is 10.5. The molecule has 3 rings (SSSR count). The molecule has 0 bridgehead atoms. The normalized spacial score (nSPS) is 19.6. The third-order valence-electron chi connectivity index (χ3n) is 6.02. The fraction of sp³-hybridized carbons (Fsp3) is 0.565. The molecule has 0 saturated heterocycles. The minimum atomic E-state index is -4.64. The highest BCUT2D eigenvalue weighted by atomic mass is 19.4. The second-order valence-corrected chi connectivity index (χ2v) is 10.4. The minimum absolute atomic E-state index is 0.00954. The molecule has 2 heterocycles. The van der Waals surface area contributed by atoms with Gasteiger partial charge in [0.1, 0.15) is 11.6 Å². The molecule has 4 nitrogen and oxygen atoms in total. The first-order valence-corrected chi connectivity index (χ1v) is 10.5. The number of alkyl halides is 6.